The number of anilines is 2. The first-order valence-electron chi connectivity index (χ1n) is 8.22. The third-order valence-electron chi connectivity index (χ3n) is 4.31. The quantitative estimate of drug-likeness (QED) is 0.500. The molecular formula is C17H14N6O3S. The molecule has 0 spiro atoms. The van der Waals surface area contributed by atoms with Crippen LogP contribution in [0.1, 0.15) is 5.56 Å². The number of benzene rings is 1. The third-order valence-corrected chi connectivity index (χ3v) is 5.31. The van der Waals surface area contributed by atoms with E-state index in [2.05, 4.69) is 26.1 Å². The summed E-state index contributed by atoms with van der Waals surface area (Å²) in [5, 5.41) is 29.2. The maximum absolute atomic E-state index is 10.7. The lowest BCUT2D eigenvalue weighted by Gasteiger charge is -2.35. The van der Waals surface area contributed by atoms with Gasteiger partial charge in [0, 0.05) is 31.9 Å². The SMILES string of the molecule is N#Cc1ccc(N2CCN(c3nnc(-c4ccc([N+](=O)[O-])o4)s3)CC2)cc1. The summed E-state index contributed by atoms with van der Waals surface area (Å²) in [5.74, 6) is 0.0412. The molecule has 2 aromatic heterocycles. The van der Waals surface area contributed by atoms with E-state index >= 15 is 0 Å². The Balaban J connectivity index is 1.41. The van der Waals surface area contributed by atoms with Gasteiger partial charge in [-0.05, 0) is 30.3 Å². The van der Waals surface area contributed by atoms with E-state index in [0.29, 0.717) is 16.3 Å². The van der Waals surface area contributed by atoms with Crippen molar-refractivity contribution in [2.24, 2.45) is 0 Å². The summed E-state index contributed by atoms with van der Waals surface area (Å²) in [7, 11) is 0. The number of piperazine rings is 1. The second kappa shape index (κ2) is 7.05. The Labute approximate surface area is 158 Å². The van der Waals surface area contributed by atoms with Crippen LogP contribution < -0.4 is 9.80 Å². The summed E-state index contributed by atoms with van der Waals surface area (Å²) in [6.07, 6.45) is 0. The van der Waals surface area contributed by atoms with Crippen LogP contribution in [0.4, 0.5) is 16.7 Å². The first kappa shape index (κ1) is 17.0. The van der Waals surface area contributed by atoms with Crippen molar-refractivity contribution < 1.29 is 9.34 Å². The van der Waals surface area contributed by atoms with Gasteiger partial charge in [-0.2, -0.15) is 5.26 Å². The Kier molecular flexibility index (Phi) is 4.43. The number of nitrogens with zero attached hydrogens (tertiary/aromatic N) is 6. The van der Waals surface area contributed by atoms with Crippen LogP contribution in [0.5, 0.6) is 0 Å². The van der Waals surface area contributed by atoms with E-state index < -0.39 is 4.92 Å². The van der Waals surface area contributed by atoms with Gasteiger partial charge < -0.3 is 14.2 Å². The fourth-order valence-electron chi connectivity index (χ4n) is 2.89. The van der Waals surface area contributed by atoms with E-state index in [1.165, 1.54) is 23.5 Å². The van der Waals surface area contributed by atoms with Gasteiger partial charge in [-0.25, -0.2) is 0 Å². The normalized spacial score (nSPS) is 14.2. The van der Waals surface area contributed by atoms with Crippen molar-refractivity contribution >= 4 is 28.0 Å². The van der Waals surface area contributed by atoms with Gasteiger partial charge in [0.1, 0.15) is 4.92 Å². The summed E-state index contributed by atoms with van der Waals surface area (Å²) in [4.78, 5) is 14.6. The molecule has 0 unspecified atom stereocenters. The lowest BCUT2D eigenvalue weighted by Crippen LogP contribution is -2.46. The van der Waals surface area contributed by atoms with Crippen LogP contribution in [0.25, 0.3) is 10.8 Å². The minimum absolute atomic E-state index is 0.308. The van der Waals surface area contributed by atoms with Crippen molar-refractivity contribution in [3.63, 3.8) is 0 Å². The molecule has 0 amide bonds. The predicted octanol–water partition coefficient (Wildman–Crippen LogP) is 2.90. The zero-order valence-electron chi connectivity index (χ0n) is 14.1. The lowest BCUT2D eigenvalue weighted by atomic mass is 10.2. The molecular weight excluding hydrogens is 368 g/mol. The lowest BCUT2D eigenvalue weighted by molar-refractivity contribution is -0.401. The Bertz CT molecular complexity index is 998. The zero-order chi connectivity index (χ0) is 18.8. The summed E-state index contributed by atoms with van der Waals surface area (Å²) in [6, 6.07) is 12.5. The van der Waals surface area contributed by atoms with Crippen molar-refractivity contribution in [2.75, 3.05) is 36.0 Å². The molecule has 0 bridgehead atoms. The molecule has 3 aromatic rings. The van der Waals surface area contributed by atoms with Crippen LogP contribution in [0, 0.1) is 21.4 Å². The fourth-order valence-corrected chi connectivity index (χ4v) is 3.74. The third kappa shape index (κ3) is 3.45. The Morgan fingerprint density at radius 3 is 2.41 bits per heavy atom. The summed E-state index contributed by atoms with van der Waals surface area (Å²) in [5.41, 5.74) is 1.74. The molecule has 4 rings (SSSR count). The van der Waals surface area contributed by atoms with Gasteiger partial charge in [-0.1, -0.05) is 11.3 Å². The Morgan fingerprint density at radius 2 is 1.78 bits per heavy atom. The summed E-state index contributed by atoms with van der Waals surface area (Å²) in [6.45, 7) is 3.22. The Hall–Kier alpha value is -3.45. The van der Waals surface area contributed by atoms with Crippen LogP contribution in [0.15, 0.2) is 40.8 Å². The van der Waals surface area contributed by atoms with Crippen LogP contribution >= 0.6 is 11.3 Å². The molecule has 0 N–H and O–H groups in total. The Morgan fingerprint density at radius 1 is 1.07 bits per heavy atom. The molecule has 1 saturated heterocycles. The first-order chi connectivity index (χ1) is 13.1. The second-order valence-electron chi connectivity index (χ2n) is 5.92. The summed E-state index contributed by atoms with van der Waals surface area (Å²) < 4.78 is 5.18. The molecule has 0 radical (unpaired) electrons. The molecule has 0 aliphatic carbocycles. The highest BCUT2D eigenvalue weighted by molar-refractivity contribution is 7.18. The largest absolute Gasteiger partial charge is 0.433 e. The van der Waals surface area contributed by atoms with E-state index in [-0.39, 0.29) is 5.88 Å². The van der Waals surface area contributed by atoms with Gasteiger partial charge in [-0.3, -0.25) is 10.1 Å². The minimum Gasteiger partial charge on any atom is -0.398 e. The zero-order valence-corrected chi connectivity index (χ0v) is 14.9. The average molecular weight is 382 g/mol. The minimum atomic E-state index is -0.576. The molecule has 1 fully saturated rings. The highest BCUT2D eigenvalue weighted by Gasteiger charge is 2.22. The van der Waals surface area contributed by atoms with Crippen molar-refractivity contribution in [3.8, 4) is 16.8 Å². The highest BCUT2D eigenvalue weighted by atomic mass is 32.1. The number of aromatic nitrogens is 2. The maximum atomic E-state index is 10.7. The van der Waals surface area contributed by atoms with Gasteiger partial charge in [0.2, 0.25) is 5.13 Å². The monoisotopic (exact) mass is 382 g/mol. The number of furan rings is 1. The van der Waals surface area contributed by atoms with Crippen LogP contribution in [-0.2, 0) is 0 Å². The van der Waals surface area contributed by atoms with E-state index in [9.17, 15) is 10.1 Å². The molecule has 1 aromatic carbocycles. The molecule has 27 heavy (non-hydrogen) atoms. The summed E-state index contributed by atoms with van der Waals surface area (Å²) >= 11 is 1.35. The standard InChI is InChI=1S/C17H14N6O3S/c18-11-12-1-3-13(4-2-12)21-7-9-22(10-8-21)17-20-19-16(27-17)14-5-6-15(26-14)23(24)25/h1-6H,7-10H2. The van der Waals surface area contributed by atoms with Gasteiger partial charge >= 0.3 is 5.88 Å². The van der Waals surface area contributed by atoms with E-state index in [1.54, 1.807) is 0 Å². The molecule has 10 heteroatoms. The van der Waals surface area contributed by atoms with Crippen molar-refractivity contribution in [3.05, 3.63) is 52.1 Å². The van der Waals surface area contributed by atoms with Crippen molar-refractivity contribution in [2.45, 2.75) is 0 Å². The first-order valence-corrected chi connectivity index (χ1v) is 9.04. The van der Waals surface area contributed by atoms with Crippen LogP contribution in [0.3, 0.4) is 0 Å². The number of nitriles is 1. The van der Waals surface area contributed by atoms with Crippen LogP contribution in [0.2, 0.25) is 0 Å². The number of rotatable bonds is 4. The maximum Gasteiger partial charge on any atom is 0.433 e. The van der Waals surface area contributed by atoms with Crippen molar-refractivity contribution in [1.29, 1.82) is 5.26 Å². The van der Waals surface area contributed by atoms with E-state index in [4.69, 9.17) is 9.68 Å². The molecule has 1 aliphatic rings. The van der Waals surface area contributed by atoms with Gasteiger partial charge in [-0.15, -0.1) is 10.2 Å². The number of hydrogen-bond donors (Lipinski definition) is 0. The molecule has 9 nitrogen and oxygen atoms in total. The smallest absolute Gasteiger partial charge is 0.398 e. The molecule has 0 atom stereocenters. The topological polar surface area (TPSA) is 112 Å². The van der Waals surface area contributed by atoms with Gasteiger partial charge in [0.15, 0.2) is 10.8 Å². The van der Waals surface area contributed by atoms with E-state index in [1.807, 2.05) is 24.3 Å². The second-order valence-corrected chi connectivity index (χ2v) is 6.87. The molecule has 3 heterocycles. The molecule has 136 valence electrons. The number of hydrogen-bond acceptors (Lipinski definition) is 9. The number of nitro groups is 1. The van der Waals surface area contributed by atoms with E-state index in [0.717, 1.165) is 37.0 Å². The van der Waals surface area contributed by atoms with Gasteiger partial charge in [0.05, 0.1) is 17.7 Å². The molecule has 1 aliphatic heterocycles. The highest BCUT2D eigenvalue weighted by Crippen LogP contribution is 2.32. The fraction of sp³-hybridized carbons (Fsp3) is 0.235. The van der Waals surface area contributed by atoms with Crippen molar-refractivity contribution in [1.82, 2.24) is 10.2 Å². The van der Waals surface area contributed by atoms with Gasteiger partial charge in [0.25, 0.3) is 0 Å². The van der Waals surface area contributed by atoms with Crippen LogP contribution in [-0.4, -0.2) is 41.3 Å². The predicted molar refractivity (Wildman–Crippen MR) is 99.8 cm³/mol. The molecule has 0 saturated carbocycles. The average Bonchev–Trinajstić information content (AvgIpc) is 3.38.